The second-order valence-electron chi connectivity index (χ2n) is 5.84. The molecule has 0 heterocycles. The minimum atomic E-state index is 0.127. The summed E-state index contributed by atoms with van der Waals surface area (Å²) in [6.45, 7) is 3.74. The molecule has 1 aliphatic rings. The molecule has 110 valence electrons. The maximum absolute atomic E-state index is 5.95. The van der Waals surface area contributed by atoms with Gasteiger partial charge < -0.3 is 10.1 Å². The minimum Gasteiger partial charge on any atom is -0.369 e. The van der Waals surface area contributed by atoms with Gasteiger partial charge in [-0.25, -0.2) is 0 Å². The fraction of sp³-hybridized carbons (Fsp3) is 0.368. The first-order valence-corrected chi connectivity index (χ1v) is 7.79. The number of benzene rings is 2. The summed E-state index contributed by atoms with van der Waals surface area (Å²) >= 11 is 0. The Morgan fingerprint density at radius 2 is 1.67 bits per heavy atom. The molecule has 2 heteroatoms. The van der Waals surface area contributed by atoms with E-state index in [0.29, 0.717) is 6.61 Å². The Morgan fingerprint density at radius 1 is 1.00 bits per heavy atom. The molecule has 3 rings (SSSR count). The van der Waals surface area contributed by atoms with Crippen LogP contribution in [0.1, 0.15) is 42.6 Å². The Bertz CT molecular complexity index is 546. The maximum atomic E-state index is 5.95. The van der Waals surface area contributed by atoms with Crippen LogP contribution >= 0.6 is 0 Å². The smallest absolute Gasteiger partial charge is 0.0801 e. The van der Waals surface area contributed by atoms with E-state index in [1.165, 1.54) is 29.5 Å². The molecule has 1 N–H and O–H groups in total. The van der Waals surface area contributed by atoms with Crippen molar-refractivity contribution in [2.45, 2.75) is 45.1 Å². The van der Waals surface area contributed by atoms with Crippen molar-refractivity contribution < 1.29 is 4.74 Å². The highest BCUT2D eigenvalue weighted by molar-refractivity contribution is 5.22. The van der Waals surface area contributed by atoms with Gasteiger partial charge in [-0.3, -0.25) is 0 Å². The third-order valence-corrected chi connectivity index (χ3v) is 3.96. The number of ether oxygens (including phenoxy) is 1. The van der Waals surface area contributed by atoms with E-state index >= 15 is 0 Å². The molecule has 0 aromatic heterocycles. The average Bonchev–Trinajstić information content (AvgIpc) is 3.37. The van der Waals surface area contributed by atoms with Gasteiger partial charge in [-0.05, 0) is 36.5 Å². The predicted octanol–water partition coefficient (Wildman–Crippen LogP) is 4.22. The van der Waals surface area contributed by atoms with Gasteiger partial charge in [0.1, 0.15) is 0 Å². The predicted molar refractivity (Wildman–Crippen MR) is 85.9 cm³/mol. The molecule has 0 aliphatic heterocycles. The monoisotopic (exact) mass is 281 g/mol. The van der Waals surface area contributed by atoms with Gasteiger partial charge >= 0.3 is 0 Å². The third-order valence-electron chi connectivity index (χ3n) is 3.96. The Hall–Kier alpha value is -1.64. The van der Waals surface area contributed by atoms with Crippen LogP contribution in [0.4, 0.5) is 0 Å². The molecule has 0 radical (unpaired) electrons. The summed E-state index contributed by atoms with van der Waals surface area (Å²) in [7, 11) is 0. The van der Waals surface area contributed by atoms with E-state index in [1.54, 1.807) is 0 Å². The van der Waals surface area contributed by atoms with Crippen molar-refractivity contribution >= 4 is 0 Å². The van der Waals surface area contributed by atoms with Crippen LogP contribution in [0.2, 0.25) is 0 Å². The molecule has 1 aliphatic carbocycles. The van der Waals surface area contributed by atoms with E-state index in [9.17, 15) is 0 Å². The molecule has 0 amide bonds. The summed E-state index contributed by atoms with van der Waals surface area (Å²) in [4.78, 5) is 0. The molecule has 0 spiro atoms. The van der Waals surface area contributed by atoms with Gasteiger partial charge in [0.2, 0.25) is 0 Å². The number of nitrogens with one attached hydrogen (secondary N) is 1. The second-order valence-corrected chi connectivity index (χ2v) is 5.84. The van der Waals surface area contributed by atoms with Crippen LogP contribution in [0.15, 0.2) is 54.6 Å². The highest BCUT2D eigenvalue weighted by Crippen LogP contribution is 2.20. The molecular formula is C19H23NO. The van der Waals surface area contributed by atoms with Crippen molar-refractivity contribution in [3.63, 3.8) is 0 Å². The molecule has 0 saturated heterocycles. The molecule has 1 atom stereocenters. The Kier molecular flexibility index (Phi) is 4.69. The zero-order valence-electron chi connectivity index (χ0n) is 12.6. The summed E-state index contributed by atoms with van der Waals surface area (Å²) in [5, 5.41) is 3.53. The maximum Gasteiger partial charge on any atom is 0.0801 e. The van der Waals surface area contributed by atoms with Crippen LogP contribution in [-0.4, -0.2) is 6.04 Å². The zero-order valence-corrected chi connectivity index (χ0v) is 12.6. The van der Waals surface area contributed by atoms with Crippen LogP contribution in [-0.2, 0) is 17.9 Å². The second kappa shape index (κ2) is 6.88. The molecule has 21 heavy (non-hydrogen) atoms. The van der Waals surface area contributed by atoms with E-state index < -0.39 is 0 Å². The van der Waals surface area contributed by atoms with Crippen LogP contribution in [0.25, 0.3) is 0 Å². The first-order chi connectivity index (χ1) is 10.3. The molecule has 2 aromatic carbocycles. The van der Waals surface area contributed by atoms with E-state index in [2.05, 4.69) is 60.8 Å². The summed E-state index contributed by atoms with van der Waals surface area (Å²) in [6.07, 6.45) is 2.80. The van der Waals surface area contributed by atoms with Gasteiger partial charge in [-0.1, -0.05) is 54.6 Å². The standard InChI is InChI=1S/C19H23NO/c1-15(18-5-3-2-4-6-18)21-14-17-9-7-16(8-10-17)13-20-19-11-12-19/h2-10,15,19-20H,11-14H2,1H3. The van der Waals surface area contributed by atoms with Gasteiger partial charge in [-0.15, -0.1) is 0 Å². The van der Waals surface area contributed by atoms with Crippen molar-refractivity contribution in [3.05, 3.63) is 71.3 Å². The molecule has 1 saturated carbocycles. The number of rotatable bonds is 7. The fourth-order valence-electron chi connectivity index (χ4n) is 2.34. The lowest BCUT2D eigenvalue weighted by Gasteiger charge is -2.13. The lowest BCUT2D eigenvalue weighted by atomic mass is 10.1. The normalized spacial score (nSPS) is 15.9. The van der Waals surface area contributed by atoms with Gasteiger partial charge in [0, 0.05) is 12.6 Å². The fourth-order valence-corrected chi connectivity index (χ4v) is 2.34. The topological polar surface area (TPSA) is 21.3 Å². The summed E-state index contributed by atoms with van der Waals surface area (Å²) in [5.41, 5.74) is 3.80. The quantitative estimate of drug-likeness (QED) is 0.820. The minimum absolute atomic E-state index is 0.127. The van der Waals surface area contributed by atoms with Crippen molar-refractivity contribution in [3.8, 4) is 0 Å². The molecule has 2 aromatic rings. The van der Waals surface area contributed by atoms with Gasteiger partial charge in [-0.2, -0.15) is 0 Å². The first kappa shape index (κ1) is 14.3. The van der Waals surface area contributed by atoms with Gasteiger partial charge in [0.25, 0.3) is 0 Å². The Labute approximate surface area is 127 Å². The van der Waals surface area contributed by atoms with Crippen molar-refractivity contribution in [2.75, 3.05) is 0 Å². The highest BCUT2D eigenvalue weighted by Gasteiger charge is 2.19. The molecule has 1 unspecified atom stereocenters. The summed E-state index contributed by atoms with van der Waals surface area (Å²) < 4.78 is 5.95. The molecule has 1 fully saturated rings. The average molecular weight is 281 g/mol. The Balaban J connectivity index is 1.48. The highest BCUT2D eigenvalue weighted by atomic mass is 16.5. The molecule has 2 nitrogen and oxygen atoms in total. The SMILES string of the molecule is CC(OCc1ccc(CNC2CC2)cc1)c1ccccc1. The van der Waals surface area contributed by atoms with Crippen molar-refractivity contribution in [2.24, 2.45) is 0 Å². The van der Waals surface area contributed by atoms with Crippen LogP contribution < -0.4 is 5.32 Å². The lowest BCUT2D eigenvalue weighted by molar-refractivity contribution is 0.0525. The molecular weight excluding hydrogens is 258 g/mol. The van der Waals surface area contributed by atoms with E-state index in [1.807, 2.05) is 6.07 Å². The van der Waals surface area contributed by atoms with Gasteiger partial charge in [0.15, 0.2) is 0 Å². The van der Waals surface area contributed by atoms with Crippen LogP contribution in [0, 0.1) is 0 Å². The largest absolute Gasteiger partial charge is 0.369 e. The van der Waals surface area contributed by atoms with Crippen LogP contribution in [0.5, 0.6) is 0 Å². The van der Waals surface area contributed by atoms with E-state index in [0.717, 1.165) is 12.6 Å². The summed E-state index contributed by atoms with van der Waals surface area (Å²) in [5.74, 6) is 0. The Morgan fingerprint density at radius 3 is 2.33 bits per heavy atom. The van der Waals surface area contributed by atoms with Crippen LogP contribution in [0.3, 0.4) is 0 Å². The van der Waals surface area contributed by atoms with E-state index in [4.69, 9.17) is 4.74 Å². The third kappa shape index (κ3) is 4.42. The molecule has 0 bridgehead atoms. The van der Waals surface area contributed by atoms with E-state index in [-0.39, 0.29) is 6.10 Å². The lowest BCUT2D eigenvalue weighted by Crippen LogP contribution is -2.15. The first-order valence-electron chi connectivity index (χ1n) is 7.79. The summed E-state index contributed by atoms with van der Waals surface area (Å²) in [6, 6.07) is 19.8. The van der Waals surface area contributed by atoms with Crippen molar-refractivity contribution in [1.29, 1.82) is 0 Å². The number of hydrogen-bond acceptors (Lipinski definition) is 2. The zero-order chi connectivity index (χ0) is 14.5. The number of hydrogen-bond donors (Lipinski definition) is 1. The van der Waals surface area contributed by atoms with Gasteiger partial charge in [0.05, 0.1) is 12.7 Å². The van der Waals surface area contributed by atoms with Crippen molar-refractivity contribution in [1.82, 2.24) is 5.32 Å².